The number of aliphatic hydroxyl groups is 1. The Kier molecular flexibility index (Phi) is 5.31. The molecule has 1 atom stereocenters. The number of benzene rings is 2. The van der Waals surface area contributed by atoms with Gasteiger partial charge in [0.15, 0.2) is 0 Å². The van der Waals surface area contributed by atoms with Crippen LogP contribution in [0.25, 0.3) is 0 Å². The van der Waals surface area contributed by atoms with Gasteiger partial charge in [-0.1, -0.05) is 35.9 Å². The summed E-state index contributed by atoms with van der Waals surface area (Å²) in [5.74, 6) is -0.741. The second kappa shape index (κ2) is 7.20. The monoisotopic (exact) mass is 307 g/mol. The Balaban J connectivity index is 1.85. The molecule has 0 aliphatic rings. The lowest BCUT2D eigenvalue weighted by Crippen LogP contribution is -2.24. The fourth-order valence-electron chi connectivity index (χ4n) is 1.88. The summed E-state index contributed by atoms with van der Waals surface area (Å²) < 4.78 is 13.0. The molecular formula is C16H15ClFNO2. The van der Waals surface area contributed by atoms with E-state index in [4.69, 9.17) is 11.6 Å². The summed E-state index contributed by atoms with van der Waals surface area (Å²) in [6, 6.07) is 12.7. The molecule has 2 rings (SSSR count). The zero-order valence-electron chi connectivity index (χ0n) is 11.2. The van der Waals surface area contributed by atoms with Crippen LogP contribution >= 0.6 is 11.6 Å². The quantitative estimate of drug-likeness (QED) is 0.891. The number of hydrogen-bond donors (Lipinski definition) is 2. The van der Waals surface area contributed by atoms with E-state index in [1.54, 1.807) is 18.2 Å². The Labute approximate surface area is 127 Å². The molecule has 0 bridgehead atoms. The molecule has 1 amide bonds. The lowest BCUT2D eigenvalue weighted by atomic mass is 10.1. The molecule has 2 aromatic carbocycles. The Morgan fingerprint density at radius 3 is 2.62 bits per heavy atom. The average Bonchev–Trinajstić information content (AvgIpc) is 2.46. The molecule has 0 heterocycles. The van der Waals surface area contributed by atoms with Gasteiger partial charge in [-0.05, 0) is 35.4 Å². The van der Waals surface area contributed by atoms with Crippen molar-refractivity contribution < 1.29 is 14.3 Å². The molecular weight excluding hydrogens is 293 g/mol. The van der Waals surface area contributed by atoms with Gasteiger partial charge in [0.05, 0.1) is 12.5 Å². The molecule has 0 fully saturated rings. The highest BCUT2D eigenvalue weighted by Gasteiger charge is 2.13. The van der Waals surface area contributed by atoms with Crippen molar-refractivity contribution in [1.82, 2.24) is 5.32 Å². The molecule has 1 unspecified atom stereocenters. The SMILES string of the molecule is O=C(CC(O)c1cccc(F)c1)NCc1ccc(Cl)cc1. The first-order valence-corrected chi connectivity index (χ1v) is 6.87. The standard InChI is InChI=1S/C16H15ClFNO2/c17-13-6-4-11(5-7-13)10-19-16(21)9-15(20)12-2-1-3-14(18)8-12/h1-8,15,20H,9-10H2,(H,19,21). The third-order valence-electron chi connectivity index (χ3n) is 3.02. The molecule has 2 aromatic rings. The molecule has 3 nitrogen and oxygen atoms in total. The smallest absolute Gasteiger partial charge is 0.223 e. The normalized spacial score (nSPS) is 12.0. The summed E-state index contributed by atoms with van der Waals surface area (Å²) in [5, 5.41) is 13.2. The van der Waals surface area contributed by atoms with E-state index < -0.39 is 11.9 Å². The van der Waals surface area contributed by atoms with E-state index in [-0.39, 0.29) is 12.3 Å². The molecule has 5 heteroatoms. The zero-order chi connectivity index (χ0) is 15.2. The van der Waals surface area contributed by atoms with Gasteiger partial charge in [-0.2, -0.15) is 0 Å². The molecule has 0 radical (unpaired) electrons. The van der Waals surface area contributed by atoms with Crippen molar-refractivity contribution in [3.05, 3.63) is 70.5 Å². The van der Waals surface area contributed by atoms with E-state index in [2.05, 4.69) is 5.32 Å². The van der Waals surface area contributed by atoms with E-state index in [0.29, 0.717) is 17.1 Å². The Hall–Kier alpha value is -1.91. The third-order valence-corrected chi connectivity index (χ3v) is 3.27. The number of amides is 1. The molecule has 21 heavy (non-hydrogen) atoms. The van der Waals surface area contributed by atoms with E-state index in [9.17, 15) is 14.3 Å². The number of carbonyl (C=O) groups excluding carboxylic acids is 1. The predicted molar refractivity (Wildman–Crippen MR) is 79.3 cm³/mol. The van der Waals surface area contributed by atoms with Crippen LogP contribution in [0, 0.1) is 5.82 Å². The van der Waals surface area contributed by atoms with Crippen LogP contribution in [-0.4, -0.2) is 11.0 Å². The molecule has 2 N–H and O–H groups in total. The van der Waals surface area contributed by atoms with Gasteiger partial charge in [-0.15, -0.1) is 0 Å². The van der Waals surface area contributed by atoms with Gasteiger partial charge in [0.1, 0.15) is 5.82 Å². The van der Waals surface area contributed by atoms with Gasteiger partial charge in [-0.25, -0.2) is 4.39 Å². The van der Waals surface area contributed by atoms with Crippen molar-refractivity contribution in [1.29, 1.82) is 0 Å². The van der Waals surface area contributed by atoms with Gasteiger partial charge >= 0.3 is 0 Å². The molecule has 110 valence electrons. The highest BCUT2D eigenvalue weighted by molar-refractivity contribution is 6.30. The Morgan fingerprint density at radius 2 is 1.95 bits per heavy atom. The number of rotatable bonds is 5. The first-order chi connectivity index (χ1) is 10.0. The van der Waals surface area contributed by atoms with Gasteiger partial charge < -0.3 is 10.4 Å². The highest BCUT2D eigenvalue weighted by atomic mass is 35.5. The van der Waals surface area contributed by atoms with E-state index in [1.807, 2.05) is 12.1 Å². The van der Waals surface area contributed by atoms with Crippen molar-refractivity contribution in [3.63, 3.8) is 0 Å². The van der Waals surface area contributed by atoms with E-state index in [0.717, 1.165) is 5.56 Å². The number of aliphatic hydroxyl groups excluding tert-OH is 1. The highest BCUT2D eigenvalue weighted by Crippen LogP contribution is 2.17. The summed E-state index contributed by atoms with van der Waals surface area (Å²) in [4.78, 5) is 11.8. The summed E-state index contributed by atoms with van der Waals surface area (Å²) in [6.45, 7) is 0.353. The zero-order valence-corrected chi connectivity index (χ0v) is 12.0. The van der Waals surface area contributed by atoms with Crippen LogP contribution in [0.5, 0.6) is 0 Å². The van der Waals surface area contributed by atoms with Crippen molar-refractivity contribution in [3.8, 4) is 0 Å². The Bertz CT molecular complexity index is 616. The van der Waals surface area contributed by atoms with Crippen LogP contribution in [0.15, 0.2) is 48.5 Å². The van der Waals surface area contributed by atoms with Crippen LogP contribution in [0.2, 0.25) is 5.02 Å². The maximum atomic E-state index is 13.0. The van der Waals surface area contributed by atoms with E-state index in [1.165, 1.54) is 18.2 Å². The molecule has 0 saturated carbocycles. The molecule has 0 saturated heterocycles. The topological polar surface area (TPSA) is 49.3 Å². The number of hydrogen-bond acceptors (Lipinski definition) is 2. The number of nitrogens with one attached hydrogen (secondary N) is 1. The van der Waals surface area contributed by atoms with Crippen molar-refractivity contribution in [2.75, 3.05) is 0 Å². The third kappa shape index (κ3) is 4.85. The largest absolute Gasteiger partial charge is 0.388 e. The second-order valence-electron chi connectivity index (χ2n) is 4.68. The lowest BCUT2D eigenvalue weighted by molar-refractivity contribution is -0.123. The maximum Gasteiger partial charge on any atom is 0.223 e. The predicted octanol–water partition coefficient (Wildman–Crippen LogP) is 3.22. The van der Waals surface area contributed by atoms with Crippen LogP contribution in [0.1, 0.15) is 23.7 Å². The van der Waals surface area contributed by atoms with Crippen molar-refractivity contribution in [2.45, 2.75) is 19.1 Å². The summed E-state index contributed by atoms with van der Waals surface area (Å²) >= 11 is 5.77. The average molecular weight is 308 g/mol. The molecule has 0 aliphatic carbocycles. The summed E-state index contributed by atoms with van der Waals surface area (Å²) in [7, 11) is 0. The lowest BCUT2D eigenvalue weighted by Gasteiger charge is -2.11. The fourth-order valence-corrected chi connectivity index (χ4v) is 2.01. The first-order valence-electron chi connectivity index (χ1n) is 6.49. The molecule has 0 spiro atoms. The second-order valence-corrected chi connectivity index (χ2v) is 5.11. The van der Waals surface area contributed by atoms with Crippen LogP contribution in [-0.2, 0) is 11.3 Å². The molecule has 0 aliphatic heterocycles. The van der Waals surface area contributed by atoms with Crippen LogP contribution in [0.3, 0.4) is 0 Å². The van der Waals surface area contributed by atoms with Gasteiger partial charge in [-0.3, -0.25) is 4.79 Å². The minimum absolute atomic E-state index is 0.114. The van der Waals surface area contributed by atoms with Crippen LogP contribution in [0.4, 0.5) is 4.39 Å². The minimum Gasteiger partial charge on any atom is -0.388 e. The van der Waals surface area contributed by atoms with Gasteiger partial charge in [0.2, 0.25) is 5.91 Å². The van der Waals surface area contributed by atoms with E-state index >= 15 is 0 Å². The van der Waals surface area contributed by atoms with Gasteiger partial charge in [0.25, 0.3) is 0 Å². The number of carbonyl (C=O) groups is 1. The minimum atomic E-state index is -1.02. The van der Waals surface area contributed by atoms with Crippen molar-refractivity contribution >= 4 is 17.5 Å². The number of halogens is 2. The summed E-state index contributed by atoms with van der Waals surface area (Å²) in [6.07, 6.45) is -1.14. The maximum absolute atomic E-state index is 13.0. The Morgan fingerprint density at radius 1 is 1.24 bits per heavy atom. The molecule has 0 aromatic heterocycles. The van der Waals surface area contributed by atoms with Crippen molar-refractivity contribution in [2.24, 2.45) is 0 Å². The summed E-state index contributed by atoms with van der Waals surface area (Å²) in [5.41, 5.74) is 1.30. The first kappa shape index (κ1) is 15.5. The fraction of sp³-hybridized carbons (Fsp3) is 0.188. The van der Waals surface area contributed by atoms with Gasteiger partial charge in [0, 0.05) is 11.6 Å². The van der Waals surface area contributed by atoms with Crippen LogP contribution < -0.4 is 5.32 Å².